The third-order valence-corrected chi connectivity index (χ3v) is 2.76. The maximum Gasteiger partial charge on any atom is 0.346 e. The van der Waals surface area contributed by atoms with Crippen molar-refractivity contribution in [1.82, 2.24) is 0 Å². The Bertz CT molecular complexity index is 761. The highest BCUT2D eigenvalue weighted by atomic mass is 19.1. The Balaban J connectivity index is 2.21. The molecule has 0 N–H and O–H groups in total. The number of hydrogen-bond acceptors (Lipinski definition) is 4. The standard InChI is InChI=1S/C18H15FO4/c1-12(2)11-17(20)22-15-9-5-6-10-16(15)23-18(21)13-7-3-4-8-14(13)19/h3-11H,1-2H3. The van der Waals surface area contributed by atoms with Gasteiger partial charge in [0.25, 0.3) is 0 Å². The summed E-state index contributed by atoms with van der Waals surface area (Å²) < 4.78 is 23.9. The molecule has 0 atom stereocenters. The van der Waals surface area contributed by atoms with Crippen molar-refractivity contribution in [2.75, 3.05) is 0 Å². The molecular weight excluding hydrogens is 299 g/mol. The first kappa shape index (κ1) is 16.4. The average Bonchev–Trinajstić information content (AvgIpc) is 2.48. The quantitative estimate of drug-likeness (QED) is 0.488. The number of carbonyl (C=O) groups is 2. The minimum absolute atomic E-state index is 0.0382. The van der Waals surface area contributed by atoms with Crippen LogP contribution in [0.25, 0.3) is 0 Å². The Labute approximate surface area is 133 Å². The van der Waals surface area contributed by atoms with Crippen molar-refractivity contribution >= 4 is 11.9 Å². The number of para-hydroxylation sites is 2. The maximum atomic E-state index is 13.6. The van der Waals surface area contributed by atoms with Crippen LogP contribution < -0.4 is 9.47 Å². The molecule has 2 aromatic carbocycles. The van der Waals surface area contributed by atoms with Gasteiger partial charge in [-0.2, -0.15) is 0 Å². The van der Waals surface area contributed by atoms with E-state index in [1.165, 1.54) is 36.4 Å². The van der Waals surface area contributed by atoms with Crippen LogP contribution in [0.2, 0.25) is 0 Å². The zero-order valence-electron chi connectivity index (χ0n) is 12.7. The van der Waals surface area contributed by atoms with Gasteiger partial charge in [-0.25, -0.2) is 14.0 Å². The third kappa shape index (κ3) is 4.51. The number of ether oxygens (including phenoxy) is 2. The second-order valence-electron chi connectivity index (χ2n) is 4.96. The number of hydrogen-bond donors (Lipinski definition) is 0. The monoisotopic (exact) mass is 314 g/mol. The fraction of sp³-hybridized carbons (Fsp3) is 0.111. The molecule has 0 aliphatic rings. The van der Waals surface area contributed by atoms with Crippen LogP contribution in [0.15, 0.2) is 60.2 Å². The summed E-state index contributed by atoms with van der Waals surface area (Å²) in [5.41, 5.74) is 0.578. The highest BCUT2D eigenvalue weighted by Crippen LogP contribution is 2.27. The maximum absolute atomic E-state index is 13.6. The van der Waals surface area contributed by atoms with Gasteiger partial charge < -0.3 is 9.47 Å². The molecule has 5 heteroatoms. The SMILES string of the molecule is CC(C)=CC(=O)Oc1ccccc1OC(=O)c1ccccc1F. The second kappa shape index (κ2) is 7.35. The van der Waals surface area contributed by atoms with Crippen molar-refractivity contribution < 1.29 is 23.5 Å². The molecule has 0 aromatic heterocycles. The smallest absolute Gasteiger partial charge is 0.346 e. The first-order valence-electron chi connectivity index (χ1n) is 6.90. The highest BCUT2D eigenvalue weighted by Gasteiger charge is 2.16. The minimum atomic E-state index is -0.867. The van der Waals surface area contributed by atoms with E-state index in [4.69, 9.17) is 9.47 Å². The second-order valence-corrected chi connectivity index (χ2v) is 4.96. The molecule has 118 valence electrons. The molecule has 0 spiro atoms. The lowest BCUT2D eigenvalue weighted by Gasteiger charge is -2.09. The zero-order valence-corrected chi connectivity index (χ0v) is 12.7. The summed E-state index contributed by atoms with van der Waals surface area (Å²) in [5.74, 6) is -2.01. The van der Waals surface area contributed by atoms with Crippen molar-refractivity contribution in [2.24, 2.45) is 0 Å². The Hall–Kier alpha value is -2.95. The van der Waals surface area contributed by atoms with Gasteiger partial charge in [-0.05, 0) is 38.1 Å². The van der Waals surface area contributed by atoms with Crippen LogP contribution in [0.4, 0.5) is 4.39 Å². The molecule has 4 nitrogen and oxygen atoms in total. The molecule has 0 saturated heterocycles. The normalized spacial score (nSPS) is 9.87. The van der Waals surface area contributed by atoms with Gasteiger partial charge in [-0.3, -0.25) is 0 Å². The third-order valence-electron chi connectivity index (χ3n) is 2.76. The van der Waals surface area contributed by atoms with E-state index < -0.39 is 17.8 Å². The van der Waals surface area contributed by atoms with E-state index in [0.717, 1.165) is 11.6 Å². The predicted molar refractivity (Wildman–Crippen MR) is 82.9 cm³/mol. The van der Waals surface area contributed by atoms with Crippen LogP contribution in [-0.2, 0) is 4.79 Å². The van der Waals surface area contributed by atoms with Crippen LogP contribution >= 0.6 is 0 Å². The number of halogens is 1. The number of esters is 2. The fourth-order valence-corrected chi connectivity index (χ4v) is 1.77. The molecule has 0 radical (unpaired) electrons. The summed E-state index contributed by atoms with van der Waals surface area (Å²) in [6, 6.07) is 11.7. The number of benzene rings is 2. The fourth-order valence-electron chi connectivity index (χ4n) is 1.77. The molecule has 0 saturated carbocycles. The van der Waals surface area contributed by atoms with Gasteiger partial charge in [0, 0.05) is 6.08 Å². The van der Waals surface area contributed by atoms with E-state index in [2.05, 4.69) is 0 Å². The Morgan fingerprint density at radius 3 is 2.09 bits per heavy atom. The van der Waals surface area contributed by atoms with E-state index >= 15 is 0 Å². The van der Waals surface area contributed by atoms with Crippen molar-refractivity contribution in [3.63, 3.8) is 0 Å². The van der Waals surface area contributed by atoms with Crippen molar-refractivity contribution in [3.8, 4) is 11.5 Å². The van der Waals surface area contributed by atoms with Crippen LogP contribution in [0.1, 0.15) is 24.2 Å². The molecule has 0 bridgehead atoms. The molecule has 0 amide bonds. The van der Waals surface area contributed by atoms with Gasteiger partial charge >= 0.3 is 11.9 Å². The van der Waals surface area contributed by atoms with Gasteiger partial charge in [0.2, 0.25) is 0 Å². The van der Waals surface area contributed by atoms with Gasteiger partial charge in [0.05, 0.1) is 5.56 Å². The molecule has 0 aliphatic heterocycles. The molecule has 0 heterocycles. The topological polar surface area (TPSA) is 52.6 Å². The highest BCUT2D eigenvalue weighted by molar-refractivity contribution is 5.92. The number of rotatable bonds is 4. The van der Waals surface area contributed by atoms with E-state index in [0.29, 0.717) is 0 Å². The molecule has 0 unspecified atom stereocenters. The van der Waals surface area contributed by atoms with E-state index in [-0.39, 0.29) is 17.1 Å². The first-order chi connectivity index (χ1) is 11.0. The molecular formula is C18H15FO4. The number of carbonyl (C=O) groups excluding carboxylic acids is 2. The lowest BCUT2D eigenvalue weighted by atomic mass is 10.2. The van der Waals surface area contributed by atoms with Crippen molar-refractivity contribution in [1.29, 1.82) is 0 Å². The largest absolute Gasteiger partial charge is 0.419 e. The molecule has 2 aromatic rings. The molecule has 23 heavy (non-hydrogen) atoms. The van der Waals surface area contributed by atoms with E-state index in [1.54, 1.807) is 26.0 Å². The van der Waals surface area contributed by atoms with Crippen LogP contribution in [0, 0.1) is 5.82 Å². The molecule has 0 aliphatic carbocycles. The summed E-state index contributed by atoms with van der Waals surface area (Å²) in [4.78, 5) is 23.7. The van der Waals surface area contributed by atoms with Crippen LogP contribution in [0.5, 0.6) is 11.5 Å². The van der Waals surface area contributed by atoms with Crippen molar-refractivity contribution in [3.05, 3.63) is 71.6 Å². The van der Waals surface area contributed by atoms with Crippen LogP contribution in [0.3, 0.4) is 0 Å². The first-order valence-corrected chi connectivity index (χ1v) is 6.90. The minimum Gasteiger partial charge on any atom is -0.419 e. The van der Waals surface area contributed by atoms with Gasteiger partial charge in [-0.15, -0.1) is 0 Å². The summed E-state index contributed by atoms with van der Waals surface area (Å²) in [7, 11) is 0. The Kier molecular flexibility index (Phi) is 5.25. The lowest BCUT2D eigenvalue weighted by molar-refractivity contribution is -0.129. The van der Waals surface area contributed by atoms with Crippen LogP contribution in [-0.4, -0.2) is 11.9 Å². The van der Waals surface area contributed by atoms with Gasteiger partial charge in [0.15, 0.2) is 11.5 Å². The van der Waals surface area contributed by atoms with Gasteiger partial charge in [-0.1, -0.05) is 29.8 Å². The summed E-state index contributed by atoms with van der Waals surface area (Å²) >= 11 is 0. The zero-order chi connectivity index (χ0) is 16.8. The summed E-state index contributed by atoms with van der Waals surface area (Å²) in [5, 5.41) is 0. The molecule has 2 rings (SSSR count). The Morgan fingerprint density at radius 1 is 0.913 bits per heavy atom. The average molecular weight is 314 g/mol. The van der Waals surface area contributed by atoms with Crippen molar-refractivity contribution in [2.45, 2.75) is 13.8 Å². The molecule has 0 fully saturated rings. The summed E-state index contributed by atoms with van der Waals surface area (Å²) in [6.45, 7) is 3.51. The van der Waals surface area contributed by atoms with E-state index in [1.807, 2.05) is 0 Å². The van der Waals surface area contributed by atoms with E-state index in [9.17, 15) is 14.0 Å². The number of allylic oxidation sites excluding steroid dienone is 1. The summed E-state index contributed by atoms with van der Waals surface area (Å²) in [6.07, 6.45) is 1.31. The van der Waals surface area contributed by atoms with Gasteiger partial charge in [0.1, 0.15) is 5.82 Å². The Morgan fingerprint density at radius 2 is 1.48 bits per heavy atom. The lowest BCUT2D eigenvalue weighted by Crippen LogP contribution is -2.12. The predicted octanol–water partition coefficient (Wildman–Crippen LogP) is 3.92.